The third kappa shape index (κ3) is 6.97. The number of phenols is 2. The van der Waals surface area contributed by atoms with Crippen LogP contribution in [0.5, 0.6) is 11.5 Å². The Bertz CT molecular complexity index is 1500. The van der Waals surface area contributed by atoms with Gasteiger partial charge in [0.2, 0.25) is 0 Å². The number of aromatic nitrogens is 2. The summed E-state index contributed by atoms with van der Waals surface area (Å²) in [5.74, 6) is -1.41. The third-order valence-corrected chi connectivity index (χ3v) is 6.07. The number of fused-ring (bicyclic) bond motifs is 2. The van der Waals surface area contributed by atoms with Crippen molar-refractivity contribution >= 4 is 23.8 Å². The maximum Gasteiger partial charge on any atom is 0.365 e. The van der Waals surface area contributed by atoms with Gasteiger partial charge in [-0.3, -0.25) is 19.5 Å². The summed E-state index contributed by atoms with van der Waals surface area (Å²) in [5.41, 5.74) is 8.40. The molecule has 0 fully saturated rings. The maximum atomic E-state index is 12.1. The average Bonchev–Trinajstić information content (AvgIpc) is 3.42. The highest BCUT2D eigenvalue weighted by atomic mass is 16.6. The molecule has 41 heavy (non-hydrogen) atoms. The van der Waals surface area contributed by atoms with Crippen LogP contribution in [0, 0.1) is 0 Å². The molecule has 2 aliphatic rings. The predicted molar refractivity (Wildman–Crippen MR) is 146 cm³/mol. The van der Waals surface area contributed by atoms with Crippen LogP contribution in [-0.2, 0) is 17.6 Å². The molecule has 4 aromatic rings. The van der Waals surface area contributed by atoms with Crippen LogP contribution < -0.4 is 5.73 Å². The van der Waals surface area contributed by atoms with Gasteiger partial charge in [0.05, 0.1) is 11.1 Å². The van der Waals surface area contributed by atoms with E-state index >= 15 is 0 Å². The summed E-state index contributed by atoms with van der Waals surface area (Å²) >= 11 is 0. The molecule has 2 amide bonds. The van der Waals surface area contributed by atoms with Crippen LogP contribution in [0.15, 0.2) is 85.2 Å². The SMILES string of the molecule is NCCc1ccc(O)cc1.O=C1OC(=O)c2ncccc21.O=C1c2cccnc2C(=O)N1CCc1ccc(O)cc1. The van der Waals surface area contributed by atoms with Crippen molar-refractivity contribution in [2.75, 3.05) is 13.1 Å². The van der Waals surface area contributed by atoms with Crippen LogP contribution in [0.4, 0.5) is 0 Å². The molecule has 11 heteroatoms. The van der Waals surface area contributed by atoms with Crippen molar-refractivity contribution < 1.29 is 34.1 Å². The van der Waals surface area contributed by atoms with E-state index in [0.29, 0.717) is 30.8 Å². The lowest BCUT2D eigenvalue weighted by atomic mass is 10.1. The van der Waals surface area contributed by atoms with Gasteiger partial charge >= 0.3 is 11.9 Å². The van der Waals surface area contributed by atoms with E-state index in [1.807, 2.05) is 12.1 Å². The summed E-state index contributed by atoms with van der Waals surface area (Å²) in [6.07, 6.45) is 4.37. The van der Waals surface area contributed by atoms with Gasteiger partial charge in [0.15, 0.2) is 5.69 Å². The highest BCUT2D eigenvalue weighted by molar-refractivity contribution is 6.20. The molecule has 4 heterocycles. The Kier molecular flexibility index (Phi) is 9.13. The molecule has 0 aliphatic carbocycles. The second kappa shape index (κ2) is 13.1. The lowest BCUT2D eigenvalue weighted by Gasteiger charge is -2.13. The topological polar surface area (TPSA) is 173 Å². The Morgan fingerprint density at radius 2 is 1.20 bits per heavy atom. The normalized spacial score (nSPS) is 13.0. The Morgan fingerprint density at radius 3 is 1.73 bits per heavy atom. The number of nitrogens with zero attached hydrogens (tertiary/aromatic N) is 3. The van der Waals surface area contributed by atoms with Crippen LogP contribution in [-0.4, -0.2) is 61.9 Å². The number of rotatable bonds is 5. The molecular formula is C30H26N4O7. The predicted octanol–water partition coefficient (Wildman–Crippen LogP) is 2.91. The number of hydrogen-bond acceptors (Lipinski definition) is 10. The van der Waals surface area contributed by atoms with Crippen LogP contribution >= 0.6 is 0 Å². The minimum absolute atomic E-state index is 0.109. The van der Waals surface area contributed by atoms with Gasteiger partial charge < -0.3 is 20.7 Å². The van der Waals surface area contributed by atoms with E-state index in [-0.39, 0.29) is 34.5 Å². The van der Waals surface area contributed by atoms with Gasteiger partial charge in [-0.15, -0.1) is 0 Å². The molecule has 0 saturated carbocycles. The van der Waals surface area contributed by atoms with Gasteiger partial charge in [0.25, 0.3) is 11.8 Å². The molecular weight excluding hydrogens is 528 g/mol. The number of phenolic OH excluding ortho intramolecular Hbond substituents is 2. The molecule has 6 rings (SSSR count). The number of aromatic hydroxyl groups is 2. The molecule has 0 spiro atoms. The van der Waals surface area contributed by atoms with E-state index in [2.05, 4.69) is 14.7 Å². The molecule has 208 valence electrons. The van der Waals surface area contributed by atoms with Crippen LogP contribution in [0.3, 0.4) is 0 Å². The number of cyclic esters (lactones) is 2. The molecule has 2 aliphatic heterocycles. The smallest absolute Gasteiger partial charge is 0.365 e. The third-order valence-electron chi connectivity index (χ3n) is 6.07. The van der Waals surface area contributed by atoms with Gasteiger partial charge in [0.1, 0.15) is 17.2 Å². The standard InChI is InChI=1S/C15H12N2O3.C8H11NO.C7H3NO3/c18-11-5-3-10(4-6-11)7-9-17-14(19)12-2-1-8-16-13(12)15(17)20;9-6-5-7-1-3-8(10)4-2-7;9-6-4-2-1-3-8-5(4)7(10)11-6/h1-6,8,18H,7,9H2;1-4,10H,5-6,9H2;1-3H. The first-order chi connectivity index (χ1) is 19.8. The van der Waals surface area contributed by atoms with Crippen LogP contribution in [0.25, 0.3) is 0 Å². The van der Waals surface area contributed by atoms with E-state index in [1.165, 1.54) is 28.9 Å². The molecule has 0 unspecified atom stereocenters. The Hall–Kier alpha value is -5.42. The van der Waals surface area contributed by atoms with Gasteiger partial charge in [-0.05, 0) is 79.0 Å². The molecule has 2 aromatic carbocycles. The van der Waals surface area contributed by atoms with Gasteiger partial charge in [0, 0.05) is 18.9 Å². The number of hydrogen-bond donors (Lipinski definition) is 3. The number of ether oxygens (including phenoxy) is 1. The summed E-state index contributed by atoms with van der Waals surface area (Å²) in [6, 6.07) is 20.2. The Balaban J connectivity index is 0.000000156. The monoisotopic (exact) mass is 554 g/mol. The highest BCUT2D eigenvalue weighted by Gasteiger charge is 2.36. The van der Waals surface area contributed by atoms with Gasteiger partial charge in [-0.1, -0.05) is 24.3 Å². The first kappa shape index (κ1) is 28.6. The van der Waals surface area contributed by atoms with Gasteiger partial charge in [-0.25, -0.2) is 14.6 Å². The second-order valence-corrected chi connectivity index (χ2v) is 8.86. The van der Waals surface area contributed by atoms with Crippen molar-refractivity contribution in [2.45, 2.75) is 12.8 Å². The number of amides is 2. The molecule has 0 saturated heterocycles. The average molecular weight is 555 g/mol. The molecule has 0 atom stereocenters. The van der Waals surface area contributed by atoms with E-state index in [0.717, 1.165) is 12.0 Å². The Morgan fingerprint density at radius 1 is 0.659 bits per heavy atom. The molecule has 0 radical (unpaired) electrons. The number of nitrogens with two attached hydrogens (primary N) is 1. The van der Waals surface area contributed by atoms with Crippen molar-refractivity contribution in [1.82, 2.24) is 14.9 Å². The van der Waals surface area contributed by atoms with E-state index in [9.17, 15) is 24.3 Å². The zero-order valence-corrected chi connectivity index (χ0v) is 21.8. The lowest BCUT2D eigenvalue weighted by molar-refractivity contribution is 0.0440. The first-order valence-electron chi connectivity index (χ1n) is 12.6. The van der Waals surface area contributed by atoms with Crippen molar-refractivity contribution in [3.8, 4) is 11.5 Å². The lowest BCUT2D eigenvalue weighted by Crippen LogP contribution is -2.31. The second-order valence-electron chi connectivity index (χ2n) is 8.86. The van der Waals surface area contributed by atoms with Crippen molar-refractivity contribution in [1.29, 1.82) is 0 Å². The van der Waals surface area contributed by atoms with Gasteiger partial charge in [-0.2, -0.15) is 0 Å². The van der Waals surface area contributed by atoms with Crippen LogP contribution in [0.2, 0.25) is 0 Å². The maximum absolute atomic E-state index is 12.1. The number of carbonyl (C=O) groups excluding carboxylic acids is 4. The van der Waals surface area contributed by atoms with E-state index < -0.39 is 11.9 Å². The number of carbonyl (C=O) groups is 4. The molecule has 0 bridgehead atoms. The fourth-order valence-corrected chi connectivity index (χ4v) is 3.97. The van der Waals surface area contributed by atoms with Crippen molar-refractivity contribution in [2.24, 2.45) is 5.73 Å². The summed E-state index contributed by atoms with van der Waals surface area (Å²) in [7, 11) is 0. The molecule has 11 nitrogen and oxygen atoms in total. The van der Waals surface area contributed by atoms with Crippen LogP contribution in [0.1, 0.15) is 52.8 Å². The number of esters is 2. The highest BCUT2D eigenvalue weighted by Crippen LogP contribution is 2.21. The zero-order chi connectivity index (χ0) is 29.4. The summed E-state index contributed by atoms with van der Waals surface area (Å²) < 4.78 is 4.29. The quantitative estimate of drug-likeness (QED) is 0.189. The zero-order valence-electron chi connectivity index (χ0n) is 21.8. The van der Waals surface area contributed by atoms with E-state index in [4.69, 9.17) is 10.8 Å². The molecule has 4 N–H and O–H groups in total. The first-order valence-corrected chi connectivity index (χ1v) is 12.6. The fraction of sp³-hybridized carbons (Fsp3) is 0.133. The largest absolute Gasteiger partial charge is 0.508 e. The Labute approximate surface area is 234 Å². The summed E-state index contributed by atoms with van der Waals surface area (Å²) in [5, 5.41) is 18.1. The number of pyridine rings is 2. The summed E-state index contributed by atoms with van der Waals surface area (Å²) in [4.78, 5) is 54.6. The number of imide groups is 1. The van der Waals surface area contributed by atoms with Crippen molar-refractivity contribution in [3.05, 3.63) is 119 Å². The van der Waals surface area contributed by atoms with E-state index in [1.54, 1.807) is 54.6 Å². The number of benzene rings is 2. The van der Waals surface area contributed by atoms with Crippen molar-refractivity contribution in [3.63, 3.8) is 0 Å². The minimum atomic E-state index is -0.661. The summed E-state index contributed by atoms with van der Waals surface area (Å²) in [6.45, 7) is 0.962. The minimum Gasteiger partial charge on any atom is -0.508 e. The fourth-order valence-electron chi connectivity index (χ4n) is 3.97. The molecule has 2 aromatic heterocycles.